The molecule has 2 aliphatic rings. The van der Waals surface area contributed by atoms with Crippen molar-refractivity contribution >= 4 is 11.6 Å². The molecule has 120 valence electrons. The van der Waals surface area contributed by atoms with E-state index >= 15 is 0 Å². The Labute approximate surface area is 129 Å². The molecule has 1 N–H and O–H groups in total. The van der Waals surface area contributed by atoms with Gasteiger partial charge in [-0.1, -0.05) is 27.2 Å². The van der Waals surface area contributed by atoms with Gasteiger partial charge in [0.05, 0.1) is 6.54 Å². The van der Waals surface area contributed by atoms with Crippen molar-refractivity contribution in [3.63, 3.8) is 0 Å². The molecule has 2 rings (SSSR count). The van der Waals surface area contributed by atoms with Crippen LogP contribution in [0.25, 0.3) is 0 Å². The van der Waals surface area contributed by atoms with Crippen molar-refractivity contribution in [1.29, 1.82) is 0 Å². The molecule has 4 nitrogen and oxygen atoms in total. The molecule has 1 amide bonds. The second-order valence-electron chi connectivity index (χ2n) is 7.69. The van der Waals surface area contributed by atoms with E-state index in [1.165, 1.54) is 37.8 Å². The van der Waals surface area contributed by atoms with E-state index in [4.69, 9.17) is 0 Å². The molecule has 0 unspecified atom stereocenters. The Hall–Kier alpha value is -0.900. The first-order chi connectivity index (χ1) is 9.95. The number of hydrogen-bond donors (Lipinski definition) is 1. The molecular formula is C17H31N3O. The van der Waals surface area contributed by atoms with E-state index in [1.807, 2.05) is 0 Å². The number of carbonyl (C=O) groups excluding carboxylic acids is 1. The second kappa shape index (κ2) is 7.39. The number of carbonyl (C=O) groups is 1. The lowest BCUT2D eigenvalue weighted by Crippen LogP contribution is -2.38. The third kappa shape index (κ3) is 5.42. The first kappa shape index (κ1) is 16.5. The van der Waals surface area contributed by atoms with Gasteiger partial charge in [0.15, 0.2) is 0 Å². The Balaban J connectivity index is 1.71. The molecule has 0 aromatic carbocycles. The molecule has 1 heterocycles. The number of nitrogens with zero attached hydrogens (tertiary/aromatic N) is 2. The zero-order chi connectivity index (χ0) is 15.3. The van der Waals surface area contributed by atoms with Crippen molar-refractivity contribution in [2.45, 2.75) is 65.7 Å². The average Bonchev–Trinajstić information content (AvgIpc) is 2.46. The van der Waals surface area contributed by atoms with Gasteiger partial charge in [0.25, 0.3) is 5.91 Å². The number of hydrazone groups is 1. The molecule has 0 bridgehead atoms. The third-order valence-electron chi connectivity index (χ3n) is 4.94. The Bertz CT molecular complexity index is 368. The van der Waals surface area contributed by atoms with Gasteiger partial charge in [-0.2, -0.15) is 5.10 Å². The van der Waals surface area contributed by atoms with Crippen LogP contribution in [0.4, 0.5) is 0 Å². The second-order valence-corrected chi connectivity index (χ2v) is 7.69. The monoisotopic (exact) mass is 293 g/mol. The lowest BCUT2D eigenvalue weighted by molar-refractivity contribution is -0.122. The van der Waals surface area contributed by atoms with Crippen LogP contribution in [0.15, 0.2) is 5.10 Å². The number of likely N-dealkylation sites (tertiary alicyclic amines) is 1. The Kier molecular flexibility index (Phi) is 5.80. The Morgan fingerprint density at radius 2 is 1.81 bits per heavy atom. The fraction of sp³-hybridized carbons (Fsp3) is 0.882. The highest BCUT2D eigenvalue weighted by Crippen LogP contribution is 2.36. The third-order valence-corrected chi connectivity index (χ3v) is 4.94. The van der Waals surface area contributed by atoms with Gasteiger partial charge in [-0.05, 0) is 62.9 Å². The molecule has 0 aromatic rings. The van der Waals surface area contributed by atoms with Crippen molar-refractivity contribution in [3.05, 3.63) is 0 Å². The van der Waals surface area contributed by atoms with E-state index in [0.717, 1.165) is 31.8 Å². The fourth-order valence-corrected chi connectivity index (χ4v) is 3.43. The molecule has 0 atom stereocenters. The van der Waals surface area contributed by atoms with E-state index in [0.29, 0.717) is 12.0 Å². The van der Waals surface area contributed by atoms with Crippen LogP contribution in [0.1, 0.15) is 65.7 Å². The summed E-state index contributed by atoms with van der Waals surface area (Å²) in [6.07, 6.45) is 8.20. The summed E-state index contributed by atoms with van der Waals surface area (Å²) in [7, 11) is 0. The van der Waals surface area contributed by atoms with Gasteiger partial charge < -0.3 is 0 Å². The van der Waals surface area contributed by atoms with Gasteiger partial charge in [0, 0.05) is 5.71 Å². The number of piperidine rings is 1. The summed E-state index contributed by atoms with van der Waals surface area (Å²) in [5.41, 5.74) is 4.32. The quantitative estimate of drug-likeness (QED) is 0.812. The molecule has 1 saturated heterocycles. The number of rotatable bonds is 3. The Morgan fingerprint density at radius 1 is 1.19 bits per heavy atom. The molecule has 1 aliphatic carbocycles. The predicted molar refractivity (Wildman–Crippen MR) is 87.3 cm³/mol. The largest absolute Gasteiger partial charge is 0.294 e. The van der Waals surface area contributed by atoms with Crippen molar-refractivity contribution in [2.75, 3.05) is 19.6 Å². The maximum absolute atomic E-state index is 11.9. The van der Waals surface area contributed by atoms with Crippen LogP contribution in [-0.4, -0.2) is 36.2 Å². The minimum atomic E-state index is 0.0438. The molecule has 4 heteroatoms. The highest BCUT2D eigenvalue weighted by atomic mass is 16.2. The maximum Gasteiger partial charge on any atom is 0.254 e. The smallest absolute Gasteiger partial charge is 0.254 e. The first-order valence-electron chi connectivity index (χ1n) is 8.52. The summed E-state index contributed by atoms with van der Waals surface area (Å²) in [5.74, 6) is 0.822. The summed E-state index contributed by atoms with van der Waals surface area (Å²) in [6.45, 7) is 9.57. The standard InChI is InChI=1S/C17H31N3O/c1-17(2,3)14-7-9-15(10-8-14)18-19-16(21)13-20-11-5-4-6-12-20/h14H,4-13H2,1-3H3,(H,19,21). The topological polar surface area (TPSA) is 44.7 Å². The van der Waals surface area contributed by atoms with Gasteiger partial charge in [0.1, 0.15) is 0 Å². The minimum absolute atomic E-state index is 0.0438. The van der Waals surface area contributed by atoms with E-state index in [-0.39, 0.29) is 5.91 Å². The highest BCUT2D eigenvalue weighted by Gasteiger charge is 2.28. The summed E-state index contributed by atoms with van der Waals surface area (Å²) in [6, 6.07) is 0. The van der Waals surface area contributed by atoms with Gasteiger partial charge in [-0.25, -0.2) is 5.43 Å². The van der Waals surface area contributed by atoms with Crippen LogP contribution in [0, 0.1) is 11.3 Å². The van der Waals surface area contributed by atoms with E-state index in [1.54, 1.807) is 0 Å². The van der Waals surface area contributed by atoms with Gasteiger partial charge in [-0.15, -0.1) is 0 Å². The van der Waals surface area contributed by atoms with Gasteiger partial charge in [-0.3, -0.25) is 9.69 Å². The summed E-state index contributed by atoms with van der Waals surface area (Å²) in [5, 5.41) is 4.36. The average molecular weight is 293 g/mol. The van der Waals surface area contributed by atoms with Crippen LogP contribution < -0.4 is 5.43 Å². The lowest BCUT2D eigenvalue weighted by atomic mass is 9.72. The highest BCUT2D eigenvalue weighted by molar-refractivity contribution is 5.87. The predicted octanol–water partition coefficient (Wildman–Crippen LogP) is 3.18. The molecule has 0 spiro atoms. The normalized spacial score (nSPS) is 24.7. The molecule has 1 aliphatic heterocycles. The first-order valence-corrected chi connectivity index (χ1v) is 8.52. The van der Waals surface area contributed by atoms with Gasteiger partial charge in [0.2, 0.25) is 0 Å². The van der Waals surface area contributed by atoms with Gasteiger partial charge >= 0.3 is 0 Å². The molecule has 0 radical (unpaired) electrons. The zero-order valence-electron chi connectivity index (χ0n) is 14.0. The van der Waals surface area contributed by atoms with Crippen molar-refractivity contribution in [3.8, 4) is 0 Å². The summed E-state index contributed by atoms with van der Waals surface area (Å²) < 4.78 is 0. The zero-order valence-corrected chi connectivity index (χ0v) is 14.0. The van der Waals surface area contributed by atoms with E-state index in [2.05, 4.69) is 36.2 Å². The number of nitrogens with one attached hydrogen (secondary N) is 1. The maximum atomic E-state index is 11.9. The molecule has 1 saturated carbocycles. The van der Waals surface area contributed by atoms with Crippen LogP contribution in [-0.2, 0) is 4.79 Å². The van der Waals surface area contributed by atoms with Crippen LogP contribution in [0.3, 0.4) is 0 Å². The van der Waals surface area contributed by atoms with E-state index < -0.39 is 0 Å². The minimum Gasteiger partial charge on any atom is -0.294 e. The summed E-state index contributed by atoms with van der Waals surface area (Å²) in [4.78, 5) is 14.1. The van der Waals surface area contributed by atoms with Crippen molar-refractivity contribution in [2.24, 2.45) is 16.4 Å². The summed E-state index contributed by atoms with van der Waals surface area (Å²) >= 11 is 0. The molecule has 2 fully saturated rings. The molecular weight excluding hydrogens is 262 g/mol. The van der Waals surface area contributed by atoms with E-state index in [9.17, 15) is 4.79 Å². The number of amides is 1. The van der Waals surface area contributed by atoms with Crippen molar-refractivity contribution in [1.82, 2.24) is 10.3 Å². The molecule has 21 heavy (non-hydrogen) atoms. The lowest BCUT2D eigenvalue weighted by Gasteiger charge is -2.34. The number of hydrogen-bond acceptors (Lipinski definition) is 3. The molecule has 0 aromatic heterocycles. The SMILES string of the molecule is CC(C)(C)C1CCC(=NNC(=O)CN2CCCCC2)CC1. The van der Waals surface area contributed by atoms with Crippen molar-refractivity contribution < 1.29 is 4.79 Å². The van der Waals surface area contributed by atoms with Crippen LogP contribution >= 0.6 is 0 Å². The van der Waals surface area contributed by atoms with Crippen LogP contribution in [0.2, 0.25) is 0 Å². The van der Waals surface area contributed by atoms with Crippen LogP contribution in [0.5, 0.6) is 0 Å². The Morgan fingerprint density at radius 3 is 2.38 bits per heavy atom. The fourth-order valence-electron chi connectivity index (χ4n) is 3.43.